The number of carbonyl (C=O) groups is 1. The first kappa shape index (κ1) is 19.2. The molecule has 0 aliphatic carbocycles. The van der Waals surface area contributed by atoms with Crippen molar-refractivity contribution in [3.8, 4) is 5.75 Å². The summed E-state index contributed by atoms with van der Waals surface area (Å²) in [5.41, 5.74) is 2.27. The Balaban J connectivity index is 1.74. The van der Waals surface area contributed by atoms with Gasteiger partial charge in [0.05, 0.1) is 17.5 Å². The molecule has 0 bridgehead atoms. The first-order chi connectivity index (χ1) is 12.9. The van der Waals surface area contributed by atoms with Crippen molar-refractivity contribution >= 4 is 17.3 Å². The van der Waals surface area contributed by atoms with E-state index in [4.69, 9.17) is 9.47 Å². The third-order valence-corrected chi connectivity index (χ3v) is 4.53. The van der Waals surface area contributed by atoms with Gasteiger partial charge in [-0.25, -0.2) is 4.39 Å². The summed E-state index contributed by atoms with van der Waals surface area (Å²) < 4.78 is 25.6. The molecular weight excluding hydrogens is 347 g/mol. The number of anilines is 2. The van der Waals surface area contributed by atoms with Crippen molar-refractivity contribution in [2.45, 2.75) is 25.9 Å². The molecule has 1 amide bonds. The zero-order chi connectivity index (χ0) is 19.4. The van der Waals surface area contributed by atoms with Gasteiger partial charge >= 0.3 is 0 Å². The smallest absolute Gasteiger partial charge is 0.255 e. The van der Waals surface area contributed by atoms with Crippen molar-refractivity contribution in [2.24, 2.45) is 0 Å². The minimum atomic E-state index is -0.439. The molecule has 5 nitrogen and oxygen atoms in total. The molecule has 2 aromatic rings. The summed E-state index contributed by atoms with van der Waals surface area (Å²) in [5.74, 6) is -0.235. The Morgan fingerprint density at radius 3 is 2.78 bits per heavy atom. The summed E-state index contributed by atoms with van der Waals surface area (Å²) in [7, 11) is 3.50. The van der Waals surface area contributed by atoms with Crippen LogP contribution in [0.3, 0.4) is 0 Å². The molecule has 0 spiro atoms. The number of aryl methyl sites for hydroxylation is 1. The lowest BCUT2D eigenvalue weighted by atomic mass is 10.1. The molecule has 3 rings (SSSR count). The van der Waals surface area contributed by atoms with Crippen LogP contribution in [-0.2, 0) is 4.74 Å². The summed E-state index contributed by atoms with van der Waals surface area (Å²) in [6.45, 7) is 3.16. The van der Waals surface area contributed by atoms with Gasteiger partial charge in [-0.2, -0.15) is 0 Å². The van der Waals surface area contributed by atoms with Crippen molar-refractivity contribution in [2.75, 3.05) is 37.5 Å². The predicted octanol–water partition coefficient (Wildman–Crippen LogP) is 4.01. The Hall–Kier alpha value is -2.60. The Bertz CT molecular complexity index is 817. The first-order valence-corrected chi connectivity index (χ1v) is 9.07. The third kappa shape index (κ3) is 4.77. The third-order valence-electron chi connectivity index (χ3n) is 4.53. The van der Waals surface area contributed by atoms with E-state index in [0.29, 0.717) is 23.7 Å². The van der Waals surface area contributed by atoms with E-state index in [1.165, 1.54) is 6.07 Å². The van der Waals surface area contributed by atoms with Crippen molar-refractivity contribution in [3.05, 3.63) is 53.3 Å². The van der Waals surface area contributed by atoms with E-state index >= 15 is 0 Å². The van der Waals surface area contributed by atoms with E-state index in [0.717, 1.165) is 25.0 Å². The number of halogens is 1. The Labute approximate surface area is 159 Å². The van der Waals surface area contributed by atoms with Crippen LogP contribution in [0.5, 0.6) is 5.75 Å². The SMILES string of the molecule is Cc1ccc(NC(=O)c2ccc(N(C)C)c(F)c2)c(OCC2CCCO2)c1. The van der Waals surface area contributed by atoms with Gasteiger partial charge < -0.3 is 19.7 Å². The molecular formula is C21H25FN2O3. The molecule has 1 aliphatic heterocycles. The quantitative estimate of drug-likeness (QED) is 0.832. The van der Waals surface area contributed by atoms with Gasteiger partial charge in [-0.1, -0.05) is 6.07 Å². The standard InChI is InChI=1S/C21H25FN2O3/c1-14-6-8-18(20(11-14)27-13-16-5-4-10-26-16)23-21(25)15-7-9-19(24(2)3)17(22)12-15/h6-9,11-12,16H,4-5,10,13H2,1-3H3,(H,23,25). The first-order valence-electron chi connectivity index (χ1n) is 9.07. The number of hydrogen-bond donors (Lipinski definition) is 1. The topological polar surface area (TPSA) is 50.8 Å². The van der Waals surface area contributed by atoms with Crippen LogP contribution in [0.25, 0.3) is 0 Å². The second kappa shape index (κ2) is 8.39. The number of nitrogens with one attached hydrogen (secondary N) is 1. The molecule has 0 radical (unpaired) electrons. The van der Waals surface area contributed by atoms with Crippen LogP contribution in [0.2, 0.25) is 0 Å². The van der Waals surface area contributed by atoms with Crippen molar-refractivity contribution in [3.63, 3.8) is 0 Å². The molecule has 6 heteroatoms. The van der Waals surface area contributed by atoms with Gasteiger partial charge in [0.15, 0.2) is 0 Å². The molecule has 1 fully saturated rings. The highest BCUT2D eigenvalue weighted by atomic mass is 19.1. The van der Waals surface area contributed by atoms with Crippen LogP contribution in [0.4, 0.5) is 15.8 Å². The molecule has 1 saturated heterocycles. The maximum Gasteiger partial charge on any atom is 0.255 e. The fourth-order valence-electron chi connectivity index (χ4n) is 3.02. The molecule has 1 unspecified atom stereocenters. The van der Waals surface area contributed by atoms with Crippen molar-refractivity contribution in [1.82, 2.24) is 0 Å². The summed E-state index contributed by atoms with van der Waals surface area (Å²) >= 11 is 0. The van der Waals surface area contributed by atoms with Crippen LogP contribution in [0, 0.1) is 12.7 Å². The van der Waals surface area contributed by atoms with Crippen LogP contribution >= 0.6 is 0 Å². The normalized spacial score (nSPS) is 16.2. The molecule has 0 aromatic heterocycles. The number of hydrogen-bond acceptors (Lipinski definition) is 4. The number of rotatable bonds is 6. The van der Waals surface area contributed by atoms with Crippen molar-refractivity contribution in [1.29, 1.82) is 0 Å². The number of amides is 1. The van der Waals surface area contributed by atoms with Gasteiger partial charge in [-0.05, 0) is 55.7 Å². The summed E-state index contributed by atoms with van der Waals surface area (Å²) in [4.78, 5) is 14.2. The van der Waals surface area contributed by atoms with Crippen LogP contribution in [-0.4, -0.2) is 39.3 Å². The van der Waals surface area contributed by atoms with Gasteiger partial charge in [-0.3, -0.25) is 4.79 Å². The molecule has 1 atom stereocenters. The van der Waals surface area contributed by atoms with Gasteiger partial charge in [0.2, 0.25) is 0 Å². The maximum absolute atomic E-state index is 14.2. The van der Waals surface area contributed by atoms with E-state index < -0.39 is 5.82 Å². The number of benzene rings is 2. The van der Waals surface area contributed by atoms with E-state index in [2.05, 4.69) is 5.32 Å². The molecule has 1 heterocycles. The minimum absolute atomic E-state index is 0.0849. The Kier molecular flexibility index (Phi) is 5.96. The largest absolute Gasteiger partial charge is 0.489 e. The molecule has 144 valence electrons. The lowest BCUT2D eigenvalue weighted by Gasteiger charge is -2.17. The number of ether oxygens (including phenoxy) is 2. The summed E-state index contributed by atoms with van der Waals surface area (Å²) in [6.07, 6.45) is 2.10. The van der Waals surface area contributed by atoms with Gasteiger partial charge in [-0.15, -0.1) is 0 Å². The summed E-state index contributed by atoms with van der Waals surface area (Å²) in [6, 6.07) is 10.0. The zero-order valence-corrected chi connectivity index (χ0v) is 15.9. The molecule has 1 N–H and O–H groups in total. The van der Waals surface area contributed by atoms with E-state index in [9.17, 15) is 9.18 Å². The van der Waals surface area contributed by atoms with Crippen LogP contribution < -0.4 is 15.0 Å². The minimum Gasteiger partial charge on any atom is -0.489 e. The van der Waals surface area contributed by atoms with E-state index in [-0.39, 0.29) is 17.6 Å². The molecule has 27 heavy (non-hydrogen) atoms. The zero-order valence-electron chi connectivity index (χ0n) is 15.9. The lowest BCUT2D eigenvalue weighted by molar-refractivity contribution is 0.0681. The highest BCUT2D eigenvalue weighted by molar-refractivity contribution is 6.05. The van der Waals surface area contributed by atoms with Gasteiger partial charge in [0.1, 0.15) is 18.2 Å². The average molecular weight is 372 g/mol. The highest BCUT2D eigenvalue weighted by Crippen LogP contribution is 2.28. The monoisotopic (exact) mass is 372 g/mol. The fourth-order valence-corrected chi connectivity index (χ4v) is 3.02. The van der Waals surface area contributed by atoms with E-state index in [1.54, 1.807) is 37.2 Å². The lowest BCUT2D eigenvalue weighted by Crippen LogP contribution is -2.18. The van der Waals surface area contributed by atoms with E-state index in [1.807, 2.05) is 19.1 Å². The Morgan fingerprint density at radius 2 is 2.11 bits per heavy atom. The maximum atomic E-state index is 14.2. The fraction of sp³-hybridized carbons (Fsp3) is 0.381. The highest BCUT2D eigenvalue weighted by Gasteiger charge is 2.18. The van der Waals surface area contributed by atoms with Crippen LogP contribution in [0.15, 0.2) is 36.4 Å². The average Bonchev–Trinajstić information content (AvgIpc) is 3.15. The van der Waals surface area contributed by atoms with Crippen LogP contribution in [0.1, 0.15) is 28.8 Å². The molecule has 0 saturated carbocycles. The van der Waals surface area contributed by atoms with Gasteiger partial charge in [0, 0.05) is 26.3 Å². The summed E-state index contributed by atoms with van der Waals surface area (Å²) in [5, 5.41) is 2.82. The van der Waals surface area contributed by atoms with Gasteiger partial charge in [0.25, 0.3) is 5.91 Å². The second-order valence-corrected chi connectivity index (χ2v) is 6.96. The van der Waals surface area contributed by atoms with Crippen molar-refractivity contribution < 1.29 is 18.7 Å². The number of carbonyl (C=O) groups excluding carboxylic acids is 1. The Morgan fingerprint density at radius 1 is 1.30 bits per heavy atom. The second-order valence-electron chi connectivity index (χ2n) is 6.96. The number of nitrogens with zero attached hydrogens (tertiary/aromatic N) is 1. The predicted molar refractivity (Wildman–Crippen MR) is 104 cm³/mol. The molecule has 1 aliphatic rings. The molecule has 2 aromatic carbocycles.